The molecular formula is C16H22ClF3N2O. The molecule has 7 heteroatoms. The van der Waals surface area contributed by atoms with Crippen molar-refractivity contribution in [3.63, 3.8) is 0 Å². The zero-order valence-electron chi connectivity index (χ0n) is 13.3. The second-order valence-corrected chi connectivity index (χ2v) is 6.92. The van der Waals surface area contributed by atoms with Crippen LogP contribution < -0.4 is 5.32 Å². The van der Waals surface area contributed by atoms with Crippen LogP contribution in [0.4, 0.5) is 13.2 Å². The smallest absolute Gasteiger partial charge is 0.396 e. The number of aliphatic hydroxyl groups excluding tert-OH is 1. The molecule has 1 atom stereocenters. The molecule has 1 heterocycles. The minimum absolute atomic E-state index is 0.145. The van der Waals surface area contributed by atoms with Crippen molar-refractivity contribution in [2.24, 2.45) is 5.41 Å². The largest absolute Gasteiger partial charge is 0.417 e. The molecule has 23 heavy (non-hydrogen) atoms. The van der Waals surface area contributed by atoms with Crippen LogP contribution in [0.25, 0.3) is 0 Å². The second kappa shape index (κ2) is 6.97. The molecule has 1 saturated heterocycles. The van der Waals surface area contributed by atoms with Crippen molar-refractivity contribution >= 4 is 11.6 Å². The monoisotopic (exact) mass is 350 g/mol. The highest BCUT2D eigenvalue weighted by molar-refractivity contribution is 6.32. The van der Waals surface area contributed by atoms with E-state index in [4.69, 9.17) is 11.6 Å². The summed E-state index contributed by atoms with van der Waals surface area (Å²) in [4.78, 5) is 2.09. The first kappa shape index (κ1) is 18.5. The van der Waals surface area contributed by atoms with Crippen molar-refractivity contribution in [3.8, 4) is 0 Å². The summed E-state index contributed by atoms with van der Waals surface area (Å²) in [5.74, 6) is 0. The molecule has 0 spiro atoms. The van der Waals surface area contributed by atoms with Crippen molar-refractivity contribution in [1.29, 1.82) is 0 Å². The fourth-order valence-electron chi connectivity index (χ4n) is 3.12. The van der Waals surface area contributed by atoms with Gasteiger partial charge in [0, 0.05) is 44.2 Å². The number of nitrogens with one attached hydrogen (secondary N) is 1. The number of benzene rings is 1. The Hall–Kier alpha value is -0.820. The normalized spacial score (nSPS) is 18.9. The molecule has 0 aliphatic carbocycles. The average Bonchev–Trinajstić information content (AvgIpc) is 2.49. The Morgan fingerprint density at radius 2 is 1.87 bits per heavy atom. The number of aliphatic hydroxyl groups is 1. The summed E-state index contributed by atoms with van der Waals surface area (Å²) in [7, 11) is 0. The Morgan fingerprint density at radius 3 is 2.39 bits per heavy atom. The van der Waals surface area contributed by atoms with Gasteiger partial charge >= 0.3 is 6.18 Å². The molecule has 0 saturated carbocycles. The molecule has 0 unspecified atom stereocenters. The molecule has 2 rings (SSSR count). The van der Waals surface area contributed by atoms with Crippen molar-refractivity contribution in [2.45, 2.75) is 26.1 Å². The molecule has 0 amide bonds. The van der Waals surface area contributed by atoms with Gasteiger partial charge in [0.15, 0.2) is 0 Å². The lowest BCUT2D eigenvalue weighted by Gasteiger charge is -2.44. The Balaban J connectivity index is 2.51. The van der Waals surface area contributed by atoms with Crippen LogP contribution in [0.15, 0.2) is 18.2 Å². The van der Waals surface area contributed by atoms with Gasteiger partial charge in [0.2, 0.25) is 0 Å². The summed E-state index contributed by atoms with van der Waals surface area (Å²) < 4.78 is 39.5. The van der Waals surface area contributed by atoms with E-state index >= 15 is 0 Å². The predicted molar refractivity (Wildman–Crippen MR) is 84.5 cm³/mol. The maximum absolute atomic E-state index is 13.2. The SMILES string of the molecule is CC(C)(CO)[C@H](c1cccc(C(F)(F)F)c1Cl)N1CCNCC1. The van der Waals surface area contributed by atoms with E-state index in [0.29, 0.717) is 18.7 Å². The minimum Gasteiger partial charge on any atom is -0.396 e. The molecule has 0 radical (unpaired) electrons. The highest BCUT2D eigenvalue weighted by Gasteiger charge is 2.40. The van der Waals surface area contributed by atoms with Crippen molar-refractivity contribution in [2.75, 3.05) is 32.8 Å². The molecule has 3 nitrogen and oxygen atoms in total. The summed E-state index contributed by atoms with van der Waals surface area (Å²) in [6.07, 6.45) is -4.50. The highest BCUT2D eigenvalue weighted by atomic mass is 35.5. The number of halogens is 4. The van der Waals surface area contributed by atoms with Crippen LogP contribution >= 0.6 is 11.6 Å². The molecule has 1 aliphatic heterocycles. The van der Waals surface area contributed by atoms with Gasteiger partial charge in [-0.2, -0.15) is 13.2 Å². The van der Waals surface area contributed by atoms with Gasteiger partial charge in [-0.05, 0) is 11.6 Å². The summed E-state index contributed by atoms with van der Waals surface area (Å²) >= 11 is 6.13. The van der Waals surface area contributed by atoms with Crippen molar-refractivity contribution in [3.05, 3.63) is 34.3 Å². The van der Waals surface area contributed by atoms with E-state index in [-0.39, 0.29) is 17.7 Å². The summed E-state index contributed by atoms with van der Waals surface area (Å²) in [6, 6.07) is 3.62. The molecule has 2 N–H and O–H groups in total. The third kappa shape index (κ3) is 3.99. The molecule has 1 aromatic carbocycles. The average molecular weight is 351 g/mol. The van der Waals surface area contributed by atoms with Gasteiger partial charge in [-0.25, -0.2) is 0 Å². The first-order valence-corrected chi connectivity index (χ1v) is 7.97. The second-order valence-electron chi connectivity index (χ2n) is 6.54. The van der Waals surface area contributed by atoms with E-state index in [1.54, 1.807) is 6.07 Å². The van der Waals surface area contributed by atoms with Gasteiger partial charge in [0.1, 0.15) is 0 Å². The third-order valence-electron chi connectivity index (χ3n) is 4.29. The standard InChI is InChI=1S/C16H22ClF3N2O/c1-15(2,10-23)14(22-8-6-21-7-9-22)11-4-3-5-12(13(11)17)16(18,19)20/h3-5,14,21,23H,6-10H2,1-2H3/t14-/m0/s1. The Labute approximate surface area is 139 Å². The van der Waals surface area contributed by atoms with Gasteiger partial charge in [-0.1, -0.05) is 37.6 Å². The maximum atomic E-state index is 13.2. The van der Waals surface area contributed by atoms with Gasteiger partial charge in [-0.15, -0.1) is 0 Å². The van der Waals surface area contributed by atoms with Crippen LogP contribution in [0.2, 0.25) is 5.02 Å². The Bertz CT molecular complexity index is 543. The predicted octanol–water partition coefficient (Wildman–Crippen LogP) is 3.32. The maximum Gasteiger partial charge on any atom is 0.417 e. The quantitative estimate of drug-likeness (QED) is 0.874. The molecule has 0 bridgehead atoms. The van der Waals surface area contributed by atoms with Crippen LogP contribution in [0, 0.1) is 5.41 Å². The van der Waals surface area contributed by atoms with Crippen molar-refractivity contribution in [1.82, 2.24) is 10.2 Å². The van der Waals surface area contributed by atoms with E-state index < -0.39 is 17.2 Å². The zero-order valence-corrected chi connectivity index (χ0v) is 14.0. The molecule has 1 aromatic rings. The van der Waals surface area contributed by atoms with E-state index in [1.165, 1.54) is 6.07 Å². The van der Waals surface area contributed by atoms with Crippen molar-refractivity contribution < 1.29 is 18.3 Å². The first-order chi connectivity index (χ1) is 10.7. The molecular weight excluding hydrogens is 329 g/mol. The number of alkyl halides is 3. The summed E-state index contributed by atoms with van der Waals surface area (Å²) in [5, 5.41) is 12.7. The number of hydrogen-bond donors (Lipinski definition) is 2. The van der Waals surface area contributed by atoms with Gasteiger partial charge in [0.05, 0.1) is 10.6 Å². The van der Waals surface area contributed by atoms with E-state index in [1.807, 2.05) is 13.8 Å². The number of hydrogen-bond acceptors (Lipinski definition) is 3. The number of piperazine rings is 1. The lowest BCUT2D eigenvalue weighted by molar-refractivity contribution is -0.137. The van der Waals surface area contributed by atoms with Crippen LogP contribution in [0.3, 0.4) is 0 Å². The lowest BCUT2D eigenvalue weighted by Crippen LogP contribution is -2.49. The van der Waals surface area contributed by atoms with Crippen LogP contribution in [-0.4, -0.2) is 42.8 Å². The van der Waals surface area contributed by atoms with Gasteiger partial charge in [0.25, 0.3) is 0 Å². The Kier molecular flexibility index (Phi) is 5.61. The van der Waals surface area contributed by atoms with Crippen LogP contribution in [0.1, 0.15) is 31.0 Å². The Morgan fingerprint density at radius 1 is 1.26 bits per heavy atom. The van der Waals surface area contributed by atoms with Crippen LogP contribution in [0.5, 0.6) is 0 Å². The van der Waals surface area contributed by atoms with Crippen LogP contribution in [-0.2, 0) is 6.18 Å². The van der Waals surface area contributed by atoms with E-state index in [2.05, 4.69) is 10.2 Å². The molecule has 1 fully saturated rings. The summed E-state index contributed by atoms with van der Waals surface area (Å²) in [5.41, 5.74) is -1.03. The van der Waals surface area contributed by atoms with Gasteiger partial charge in [-0.3, -0.25) is 4.90 Å². The first-order valence-electron chi connectivity index (χ1n) is 7.59. The minimum atomic E-state index is -4.50. The molecule has 130 valence electrons. The molecule has 1 aliphatic rings. The topological polar surface area (TPSA) is 35.5 Å². The number of rotatable bonds is 4. The molecule has 0 aromatic heterocycles. The van der Waals surface area contributed by atoms with Gasteiger partial charge < -0.3 is 10.4 Å². The summed E-state index contributed by atoms with van der Waals surface area (Å²) in [6.45, 7) is 6.45. The zero-order chi connectivity index (χ0) is 17.3. The third-order valence-corrected chi connectivity index (χ3v) is 4.71. The van der Waals surface area contributed by atoms with E-state index in [9.17, 15) is 18.3 Å². The lowest BCUT2D eigenvalue weighted by atomic mass is 9.79. The number of nitrogens with zero attached hydrogens (tertiary/aromatic N) is 1. The fraction of sp³-hybridized carbons (Fsp3) is 0.625. The van der Waals surface area contributed by atoms with E-state index in [0.717, 1.165) is 19.2 Å². The fourth-order valence-corrected chi connectivity index (χ4v) is 3.46. The highest BCUT2D eigenvalue weighted by Crippen LogP contribution is 2.44.